The zero-order valence-electron chi connectivity index (χ0n) is 18.3. The molecular formula is C24H24F2N4O4. The van der Waals surface area contributed by atoms with Gasteiger partial charge in [-0.2, -0.15) is 5.26 Å². The molecule has 1 aliphatic heterocycles. The lowest BCUT2D eigenvalue weighted by molar-refractivity contribution is -0.160. The van der Waals surface area contributed by atoms with Crippen molar-refractivity contribution in [2.75, 3.05) is 25.0 Å². The van der Waals surface area contributed by atoms with Crippen molar-refractivity contribution in [3.8, 4) is 22.9 Å². The number of aliphatic hydroxyl groups excluding tert-OH is 1. The lowest BCUT2D eigenvalue weighted by Gasteiger charge is -2.38. The van der Waals surface area contributed by atoms with Gasteiger partial charge in [0.2, 0.25) is 11.8 Å². The number of hydrogen-bond donors (Lipinski definition) is 2. The molecule has 1 atom stereocenters. The van der Waals surface area contributed by atoms with Crippen molar-refractivity contribution in [3.05, 3.63) is 42.1 Å². The minimum absolute atomic E-state index is 0.0300. The van der Waals surface area contributed by atoms with E-state index in [1.165, 1.54) is 12.1 Å². The van der Waals surface area contributed by atoms with E-state index in [0.717, 1.165) is 17.7 Å². The number of ether oxygens (including phenoxy) is 1. The van der Waals surface area contributed by atoms with Crippen molar-refractivity contribution in [3.63, 3.8) is 0 Å². The Morgan fingerprint density at radius 3 is 2.68 bits per heavy atom. The fourth-order valence-electron chi connectivity index (χ4n) is 3.84. The summed E-state index contributed by atoms with van der Waals surface area (Å²) in [6.07, 6.45) is 1.48. The van der Waals surface area contributed by atoms with Crippen molar-refractivity contribution in [1.82, 2.24) is 9.88 Å². The highest BCUT2D eigenvalue weighted by molar-refractivity contribution is 5.93. The molecule has 2 N–H and O–H groups in total. The maximum atomic E-state index is 14.7. The van der Waals surface area contributed by atoms with E-state index in [1.54, 1.807) is 24.4 Å². The van der Waals surface area contributed by atoms with E-state index in [4.69, 9.17) is 9.84 Å². The van der Waals surface area contributed by atoms with Gasteiger partial charge in [0.1, 0.15) is 17.6 Å². The number of aliphatic hydroxyl groups is 1. The second-order valence-corrected chi connectivity index (χ2v) is 8.46. The van der Waals surface area contributed by atoms with E-state index >= 15 is 0 Å². The molecule has 2 amide bonds. The van der Waals surface area contributed by atoms with Gasteiger partial charge >= 0.3 is 5.92 Å². The van der Waals surface area contributed by atoms with Crippen LogP contribution < -0.4 is 10.1 Å². The molecule has 2 aromatic rings. The number of alkyl halides is 2. The number of nitrogens with zero attached hydrogens (tertiary/aromatic N) is 3. The lowest BCUT2D eigenvalue weighted by Crippen LogP contribution is -2.55. The topological polar surface area (TPSA) is 116 Å². The van der Waals surface area contributed by atoms with Crippen LogP contribution in [-0.4, -0.2) is 58.5 Å². The van der Waals surface area contributed by atoms with Crippen LogP contribution in [0.5, 0.6) is 5.75 Å². The van der Waals surface area contributed by atoms with Gasteiger partial charge in [-0.15, -0.1) is 0 Å². The highest BCUT2D eigenvalue weighted by atomic mass is 19.3. The first-order chi connectivity index (χ1) is 16.3. The third kappa shape index (κ3) is 5.31. The van der Waals surface area contributed by atoms with Crippen molar-refractivity contribution in [1.29, 1.82) is 5.26 Å². The fourth-order valence-corrected chi connectivity index (χ4v) is 3.84. The minimum atomic E-state index is -3.31. The van der Waals surface area contributed by atoms with Gasteiger partial charge in [0.05, 0.1) is 18.7 Å². The number of carbonyl (C=O) groups is 2. The van der Waals surface area contributed by atoms with Crippen LogP contribution in [0.15, 0.2) is 36.5 Å². The number of pyridine rings is 1. The minimum Gasteiger partial charge on any atom is -0.483 e. The smallest absolute Gasteiger partial charge is 0.301 e. The van der Waals surface area contributed by atoms with Gasteiger partial charge < -0.3 is 20.1 Å². The van der Waals surface area contributed by atoms with Crippen molar-refractivity contribution in [2.24, 2.45) is 5.92 Å². The number of amides is 2. The summed E-state index contributed by atoms with van der Waals surface area (Å²) in [7, 11) is 0. The van der Waals surface area contributed by atoms with Crippen LogP contribution >= 0.6 is 0 Å². The second kappa shape index (κ2) is 9.73. The second-order valence-electron chi connectivity index (χ2n) is 8.46. The third-order valence-corrected chi connectivity index (χ3v) is 5.87. The van der Waals surface area contributed by atoms with Crippen LogP contribution in [0, 0.1) is 17.2 Å². The molecule has 0 unspecified atom stereocenters. The molecule has 2 aliphatic rings. The number of aromatic nitrogens is 1. The number of nitriles is 1. The van der Waals surface area contributed by atoms with E-state index in [0.29, 0.717) is 16.9 Å². The molecule has 0 radical (unpaired) electrons. The number of rotatable bonds is 7. The van der Waals surface area contributed by atoms with E-state index < -0.39 is 31.1 Å². The molecule has 1 aromatic carbocycles. The molecule has 178 valence electrons. The summed E-state index contributed by atoms with van der Waals surface area (Å²) < 4.78 is 34.9. The summed E-state index contributed by atoms with van der Waals surface area (Å²) in [4.78, 5) is 29.0. The fraction of sp³-hybridized carbons (Fsp3) is 0.417. The van der Waals surface area contributed by atoms with Crippen LogP contribution in [0.2, 0.25) is 0 Å². The Labute approximate surface area is 195 Å². The zero-order chi connectivity index (χ0) is 24.3. The maximum Gasteiger partial charge on any atom is 0.301 e. The Kier molecular flexibility index (Phi) is 6.75. The molecule has 4 rings (SSSR count). The predicted molar refractivity (Wildman–Crippen MR) is 118 cm³/mol. The van der Waals surface area contributed by atoms with Crippen LogP contribution in [0.25, 0.3) is 11.1 Å². The summed E-state index contributed by atoms with van der Waals surface area (Å²) in [5.41, 5.74) is 1.43. The molecule has 1 aromatic heterocycles. The van der Waals surface area contributed by atoms with Crippen LogP contribution in [0.3, 0.4) is 0 Å². The Balaban J connectivity index is 1.48. The van der Waals surface area contributed by atoms with Crippen molar-refractivity contribution >= 4 is 17.6 Å². The van der Waals surface area contributed by atoms with Crippen LogP contribution in [-0.2, 0) is 9.59 Å². The predicted octanol–water partition coefficient (Wildman–Crippen LogP) is 2.97. The van der Waals surface area contributed by atoms with E-state index in [9.17, 15) is 23.6 Å². The average molecular weight is 470 g/mol. The number of halogens is 2. The number of benzene rings is 1. The lowest BCUT2D eigenvalue weighted by atomic mass is 10.0. The monoisotopic (exact) mass is 470 g/mol. The molecule has 2 fully saturated rings. The molecule has 1 saturated carbocycles. The summed E-state index contributed by atoms with van der Waals surface area (Å²) in [5.74, 6) is -3.46. The number of hydrogen-bond acceptors (Lipinski definition) is 6. The normalized spacial score (nSPS) is 19.2. The Hall–Kier alpha value is -3.58. The standard InChI is InChI=1S/C24H24F2N4O4/c25-24(26)14-30(22(32)7-10-31)9-6-20(24)34-19-4-3-16(11-18(19)13-27)17-5-8-28-21(12-17)29-23(33)15-1-2-15/h3-5,8,11-12,15,20,31H,1-2,6-7,9-10,14H2,(H,28,29,33)/t20-/m0/s1. The van der Waals surface area contributed by atoms with Crippen LogP contribution in [0.4, 0.5) is 14.6 Å². The molecule has 10 heteroatoms. The summed E-state index contributed by atoms with van der Waals surface area (Å²) in [5, 5.41) is 21.2. The molecule has 1 aliphatic carbocycles. The van der Waals surface area contributed by atoms with Gasteiger partial charge in [-0.25, -0.2) is 13.8 Å². The highest BCUT2D eigenvalue weighted by Gasteiger charge is 2.47. The largest absolute Gasteiger partial charge is 0.483 e. The number of piperidine rings is 1. The van der Waals surface area contributed by atoms with E-state index in [-0.39, 0.29) is 42.5 Å². The third-order valence-electron chi connectivity index (χ3n) is 5.87. The SMILES string of the molecule is N#Cc1cc(-c2ccnc(NC(=O)C3CC3)c2)ccc1O[C@H]1CCN(C(=O)CCO)CC1(F)F. The first-order valence-electron chi connectivity index (χ1n) is 11.1. The molecule has 0 spiro atoms. The van der Waals surface area contributed by atoms with Gasteiger partial charge in [-0.3, -0.25) is 9.59 Å². The number of carbonyl (C=O) groups excluding carboxylic acids is 2. The molecule has 34 heavy (non-hydrogen) atoms. The van der Waals surface area contributed by atoms with Crippen LogP contribution in [0.1, 0.15) is 31.2 Å². The Morgan fingerprint density at radius 2 is 2.00 bits per heavy atom. The van der Waals surface area contributed by atoms with Gasteiger partial charge in [0.25, 0.3) is 0 Å². The summed E-state index contributed by atoms with van der Waals surface area (Å²) in [6.45, 7) is -1.13. The number of anilines is 1. The molecular weight excluding hydrogens is 446 g/mol. The van der Waals surface area contributed by atoms with E-state index in [2.05, 4.69) is 10.3 Å². The van der Waals surface area contributed by atoms with Crippen molar-refractivity contribution in [2.45, 2.75) is 37.7 Å². The van der Waals surface area contributed by atoms with Gasteiger partial charge in [0.15, 0.2) is 6.10 Å². The summed E-state index contributed by atoms with van der Waals surface area (Å²) >= 11 is 0. The Bertz CT molecular complexity index is 1130. The molecule has 2 heterocycles. The number of likely N-dealkylation sites (tertiary alicyclic amines) is 1. The molecule has 0 bridgehead atoms. The van der Waals surface area contributed by atoms with Gasteiger partial charge in [0, 0.05) is 31.5 Å². The van der Waals surface area contributed by atoms with E-state index in [1.807, 2.05) is 6.07 Å². The molecule has 8 nitrogen and oxygen atoms in total. The van der Waals surface area contributed by atoms with Gasteiger partial charge in [-0.05, 0) is 48.2 Å². The van der Waals surface area contributed by atoms with Crippen molar-refractivity contribution < 1.29 is 28.2 Å². The van der Waals surface area contributed by atoms with Gasteiger partial charge in [-0.1, -0.05) is 6.07 Å². The Morgan fingerprint density at radius 1 is 1.24 bits per heavy atom. The quantitative estimate of drug-likeness (QED) is 0.643. The summed E-state index contributed by atoms with van der Waals surface area (Å²) in [6, 6.07) is 10.0. The number of nitrogens with one attached hydrogen (secondary N) is 1. The highest BCUT2D eigenvalue weighted by Crippen LogP contribution is 2.34. The first-order valence-corrected chi connectivity index (χ1v) is 11.1. The zero-order valence-corrected chi connectivity index (χ0v) is 18.3. The first kappa shape index (κ1) is 23.6. The maximum absolute atomic E-state index is 14.7. The average Bonchev–Trinajstić information content (AvgIpc) is 3.66. The molecule has 1 saturated heterocycles.